The maximum Gasteiger partial charge on any atom is 0.138 e. The van der Waals surface area contributed by atoms with Gasteiger partial charge in [0.2, 0.25) is 0 Å². The summed E-state index contributed by atoms with van der Waals surface area (Å²) in [5.41, 5.74) is 2.48. The van der Waals surface area contributed by atoms with Crippen LogP contribution < -0.4 is 4.74 Å². The number of methoxy groups -OCH3 is 1. The Morgan fingerprint density at radius 1 is 1.45 bits per heavy atom. The number of hydrogen-bond acceptors (Lipinski definition) is 4. The van der Waals surface area contributed by atoms with Crippen LogP contribution in [0.5, 0.6) is 5.75 Å². The van der Waals surface area contributed by atoms with Crippen molar-refractivity contribution < 1.29 is 9.26 Å². The molecule has 0 N–H and O–H groups in total. The van der Waals surface area contributed by atoms with Crippen molar-refractivity contribution >= 4 is 11.6 Å². The first-order valence-electron chi connectivity index (χ1n) is 6.21. The SMILES string of the molecule is COc1ccc(Cl)cc1CC(C#N)c1c(C)noc1C. The third kappa shape index (κ3) is 2.78. The average molecular weight is 291 g/mol. The highest BCUT2D eigenvalue weighted by molar-refractivity contribution is 6.30. The number of benzene rings is 1. The van der Waals surface area contributed by atoms with Crippen LogP contribution in [0.1, 0.15) is 28.5 Å². The molecule has 1 atom stereocenters. The van der Waals surface area contributed by atoms with Gasteiger partial charge in [-0.1, -0.05) is 16.8 Å². The Morgan fingerprint density at radius 3 is 2.75 bits per heavy atom. The summed E-state index contributed by atoms with van der Waals surface area (Å²) in [6, 6.07) is 7.70. The molecule has 0 saturated carbocycles. The highest BCUT2D eigenvalue weighted by atomic mass is 35.5. The maximum atomic E-state index is 9.45. The van der Waals surface area contributed by atoms with Gasteiger partial charge in [-0.2, -0.15) is 5.26 Å². The molecule has 5 heteroatoms. The molecule has 1 heterocycles. The molecule has 0 amide bonds. The highest BCUT2D eigenvalue weighted by Gasteiger charge is 2.22. The summed E-state index contributed by atoms with van der Waals surface area (Å²) in [5.74, 6) is 1.06. The van der Waals surface area contributed by atoms with Crippen molar-refractivity contribution in [2.24, 2.45) is 0 Å². The Labute approximate surface area is 122 Å². The largest absolute Gasteiger partial charge is 0.496 e. The fourth-order valence-electron chi connectivity index (χ4n) is 2.33. The lowest BCUT2D eigenvalue weighted by atomic mass is 9.91. The van der Waals surface area contributed by atoms with E-state index >= 15 is 0 Å². The van der Waals surface area contributed by atoms with E-state index in [0.29, 0.717) is 17.2 Å². The summed E-state index contributed by atoms with van der Waals surface area (Å²) in [7, 11) is 1.60. The van der Waals surface area contributed by atoms with Crippen LogP contribution in [-0.4, -0.2) is 12.3 Å². The summed E-state index contributed by atoms with van der Waals surface area (Å²) in [6.07, 6.45) is 0.503. The molecule has 4 nitrogen and oxygen atoms in total. The smallest absolute Gasteiger partial charge is 0.138 e. The van der Waals surface area contributed by atoms with E-state index in [1.54, 1.807) is 19.2 Å². The van der Waals surface area contributed by atoms with E-state index in [1.165, 1.54) is 0 Å². The van der Waals surface area contributed by atoms with Crippen LogP contribution in [-0.2, 0) is 6.42 Å². The van der Waals surface area contributed by atoms with Gasteiger partial charge in [-0.25, -0.2) is 0 Å². The van der Waals surface area contributed by atoms with Crippen molar-refractivity contribution in [2.45, 2.75) is 26.2 Å². The van der Waals surface area contributed by atoms with Crippen molar-refractivity contribution in [1.29, 1.82) is 5.26 Å². The van der Waals surface area contributed by atoms with Crippen LogP contribution in [0.3, 0.4) is 0 Å². The Hall–Kier alpha value is -1.99. The summed E-state index contributed by atoms with van der Waals surface area (Å²) >= 11 is 6.02. The van der Waals surface area contributed by atoms with Crippen molar-refractivity contribution in [3.8, 4) is 11.8 Å². The van der Waals surface area contributed by atoms with Crippen LogP contribution in [0.25, 0.3) is 0 Å². The summed E-state index contributed by atoms with van der Waals surface area (Å²) in [6.45, 7) is 3.65. The molecule has 20 heavy (non-hydrogen) atoms. The maximum absolute atomic E-state index is 9.45. The third-order valence-electron chi connectivity index (χ3n) is 3.26. The molecule has 1 unspecified atom stereocenters. The molecule has 0 radical (unpaired) electrons. The zero-order chi connectivity index (χ0) is 14.7. The van der Waals surface area contributed by atoms with Crippen molar-refractivity contribution in [2.75, 3.05) is 7.11 Å². The Morgan fingerprint density at radius 2 is 2.20 bits per heavy atom. The van der Waals surface area contributed by atoms with E-state index < -0.39 is 0 Å². The predicted molar refractivity (Wildman–Crippen MR) is 76.0 cm³/mol. The van der Waals surface area contributed by atoms with Gasteiger partial charge >= 0.3 is 0 Å². The lowest BCUT2D eigenvalue weighted by Gasteiger charge is -2.12. The zero-order valence-corrected chi connectivity index (χ0v) is 12.4. The monoisotopic (exact) mass is 290 g/mol. The standard InChI is InChI=1S/C15H15ClN2O2/c1-9-15(10(2)20-18-9)12(8-17)6-11-7-13(16)4-5-14(11)19-3/h4-5,7,12H,6H2,1-3H3. The predicted octanol–water partition coefficient (Wildman–Crippen LogP) is 3.80. The Kier molecular flexibility index (Phi) is 4.31. The second-order valence-corrected chi connectivity index (χ2v) is 5.02. The second kappa shape index (κ2) is 5.98. The minimum Gasteiger partial charge on any atom is -0.496 e. The molecule has 104 valence electrons. The zero-order valence-electron chi connectivity index (χ0n) is 11.6. The van der Waals surface area contributed by atoms with Crippen LogP contribution in [0.2, 0.25) is 5.02 Å². The van der Waals surface area contributed by atoms with Gasteiger partial charge in [0.25, 0.3) is 0 Å². The fraction of sp³-hybridized carbons (Fsp3) is 0.333. The van der Waals surface area contributed by atoms with Gasteiger partial charge in [0.15, 0.2) is 0 Å². The average Bonchev–Trinajstić information content (AvgIpc) is 2.76. The van der Waals surface area contributed by atoms with Crippen molar-refractivity contribution in [3.63, 3.8) is 0 Å². The number of aryl methyl sites for hydroxylation is 2. The first-order chi connectivity index (χ1) is 9.56. The van der Waals surface area contributed by atoms with Crippen LogP contribution in [0.4, 0.5) is 0 Å². The molecular weight excluding hydrogens is 276 g/mol. The molecule has 1 aromatic carbocycles. The summed E-state index contributed by atoms with van der Waals surface area (Å²) in [4.78, 5) is 0. The first kappa shape index (κ1) is 14.4. The van der Waals surface area contributed by atoms with Gasteiger partial charge < -0.3 is 9.26 Å². The molecule has 0 aliphatic carbocycles. The second-order valence-electron chi connectivity index (χ2n) is 4.58. The molecule has 0 aliphatic heterocycles. The quantitative estimate of drug-likeness (QED) is 0.859. The Bertz CT molecular complexity index is 639. The van der Waals surface area contributed by atoms with E-state index in [2.05, 4.69) is 11.2 Å². The summed E-state index contributed by atoms with van der Waals surface area (Å²) in [5, 5.41) is 14.0. The molecule has 0 spiro atoms. The first-order valence-corrected chi connectivity index (χ1v) is 6.59. The number of nitrogens with zero attached hydrogens (tertiary/aromatic N) is 2. The molecule has 2 aromatic rings. The fourth-order valence-corrected chi connectivity index (χ4v) is 2.52. The van der Waals surface area contributed by atoms with Crippen LogP contribution >= 0.6 is 11.6 Å². The van der Waals surface area contributed by atoms with E-state index in [4.69, 9.17) is 20.9 Å². The van der Waals surface area contributed by atoms with Crippen LogP contribution in [0, 0.1) is 25.2 Å². The number of hydrogen-bond donors (Lipinski definition) is 0. The van der Waals surface area contributed by atoms with Crippen molar-refractivity contribution in [3.05, 3.63) is 45.8 Å². The molecule has 0 bridgehead atoms. The van der Waals surface area contributed by atoms with Gasteiger partial charge in [-0.15, -0.1) is 0 Å². The summed E-state index contributed by atoms with van der Waals surface area (Å²) < 4.78 is 10.5. The number of rotatable bonds is 4. The lowest BCUT2D eigenvalue weighted by Crippen LogP contribution is -2.04. The van der Waals surface area contributed by atoms with E-state index in [0.717, 1.165) is 22.6 Å². The molecule has 1 aromatic heterocycles. The molecule has 0 aliphatic rings. The normalized spacial score (nSPS) is 11.9. The lowest BCUT2D eigenvalue weighted by molar-refractivity contribution is 0.391. The van der Waals surface area contributed by atoms with Gasteiger partial charge in [0.1, 0.15) is 11.5 Å². The minimum absolute atomic E-state index is 0.339. The number of aromatic nitrogens is 1. The van der Waals surface area contributed by atoms with E-state index in [-0.39, 0.29) is 5.92 Å². The number of ether oxygens (including phenoxy) is 1. The van der Waals surface area contributed by atoms with E-state index in [1.807, 2.05) is 19.9 Å². The van der Waals surface area contributed by atoms with E-state index in [9.17, 15) is 5.26 Å². The van der Waals surface area contributed by atoms with Gasteiger partial charge in [0, 0.05) is 10.6 Å². The molecular formula is C15H15ClN2O2. The van der Waals surface area contributed by atoms with Gasteiger partial charge in [-0.05, 0) is 44.0 Å². The van der Waals surface area contributed by atoms with Crippen LogP contribution in [0.15, 0.2) is 22.7 Å². The number of halogens is 1. The number of nitriles is 1. The molecule has 0 fully saturated rings. The third-order valence-corrected chi connectivity index (χ3v) is 3.49. The Balaban J connectivity index is 2.37. The van der Waals surface area contributed by atoms with Gasteiger partial charge in [-0.3, -0.25) is 0 Å². The molecule has 2 rings (SSSR count). The minimum atomic E-state index is -0.339. The molecule has 0 saturated heterocycles. The van der Waals surface area contributed by atoms with Crippen molar-refractivity contribution in [1.82, 2.24) is 5.16 Å². The van der Waals surface area contributed by atoms with Gasteiger partial charge in [0.05, 0.1) is 24.8 Å². The highest BCUT2D eigenvalue weighted by Crippen LogP contribution is 2.31. The topological polar surface area (TPSA) is 59.0 Å².